The van der Waals surface area contributed by atoms with Crippen LogP contribution in [-0.2, 0) is 0 Å². The van der Waals surface area contributed by atoms with E-state index < -0.39 is 5.60 Å². The van der Waals surface area contributed by atoms with Gasteiger partial charge in [0.2, 0.25) is 0 Å². The number of nitrogens with zero attached hydrogens (tertiary/aromatic N) is 2. The molecule has 0 radical (unpaired) electrons. The smallest absolute Gasteiger partial charge is 0.265 e. The van der Waals surface area contributed by atoms with Crippen molar-refractivity contribution in [1.29, 1.82) is 0 Å². The lowest BCUT2D eigenvalue weighted by Gasteiger charge is -2.37. The Hall–Kier alpha value is -0.620. The Morgan fingerprint density at radius 3 is 2.53 bits per heavy atom. The predicted octanol–water partition coefficient (Wildman–Crippen LogP) is 1.93. The van der Waals surface area contributed by atoms with Crippen molar-refractivity contribution >= 4 is 28.8 Å². The number of amides is 1. The predicted molar refractivity (Wildman–Crippen MR) is 78.0 cm³/mol. The Kier molecular flexibility index (Phi) is 4.50. The molecule has 19 heavy (non-hydrogen) atoms. The third-order valence-electron chi connectivity index (χ3n) is 3.08. The van der Waals surface area contributed by atoms with Crippen LogP contribution in [0, 0.1) is 0 Å². The zero-order valence-electron chi connectivity index (χ0n) is 11.2. The SMILES string of the molecule is CC(C)(O)CN1CCN(C(=O)c2sccc2Cl)CC1. The maximum absolute atomic E-state index is 12.3. The van der Waals surface area contributed by atoms with Crippen LogP contribution in [0.25, 0.3) is 0 Å². The Morgan fingerprint density at radius 2 is 2.05 bits per heavy atom. The van der Waals surface area contributed by atoms with Crippen LogP contribution in [0.2, 0.25) is 5.02 Å². The minimum atomic E-state index is -0.691. The highest BCUT2D eigenvalue weighted by molar-refractivity contribution is 7.12. The van der Waals surface area contributed by atoms with E-state index in [1.807, 2.05) is 10.3 Å². The Labute approximate surface area is 122 Å². The number of carbonyl (C=O) groups excluding carboxylic acids is 1. The molecule has 1 aliphatic rings. The summed E-state index contributed by atoms with van der Waals surface area (Å²) in [6.07, 6.45) is 0. The first-order valence-corrected chi connectivity index (χ1v) is 7.59. The molecule has 1 aromatic heterocycles. The molecule has 1 fully saturated rings. The topological polar surface area (TPSA) is 43.8 Å². The fourth-order valence-corrected chi connectivity index (χ4v) is 3.35. The summed E-state index contributed by atoms with van der Waals surface area (Å²) in [5, 5.41) is 12.2. The second kappa shape index (κ2) is 5.79. The minimum absolute atomic E-state index is 0.0166. The van der Waals surface area contributed by atoms with Gasteiger partial charge in [-0.2, -0.15) is 0 Å². The zero-order valence-corrected chi connectivity index (χ0v) is 12.8. The molecule has 1 amide bonds. The first-order valence-electron chi connectivity index (χ1n) is 6.34. The van der Waals surface area contributed by atoms with Gasteiger partial charge in [-0.1, -0.05) is 11.6 Å². The van der Waals surface area contributed by atoms with Gasteiger partial charge < -0.3 is 10.0 Å². The van der Waals surface area contributed by atoms with Crippen molar-refractivity contribution in [1.82, 2.24) is 9.80 Å². The Balaban J connectivity index is 1.90. The monoisotopic (exact) mass is 302 g/mol. The molecule has 0 aromatic carbocycles. The zero-order chi connectivity index (χ0) is 14.0. The number of aliphatic hydroxyl groups is 1. The van der Waals surface area contributed by atoms with Crippen LogP contribution in [0.1, 0.15) is 23.5 Å². The van der Waals surface area contributed by atoms with E-state index in [4.69, 9.17) is 11.6 Å². The molecule has 4 nitrogen and oxygen atoms in total. The van der Waals surface area contributed by atoms with Crippen LogP contribution in [0.15, 0.2) is 11.4 Å². The number of hydrogen-bond acceptors (Lipinski definition) is 4. The first kappa shape index (κ1) is 14.8. The van der Waals surface area contributed by atoms with Crippen LogP contribution in [0.3, 0.4) is 0 Å². The van der Waals surface area contributed by atoms with Crippen molar-refractivity contribution in [2.24, 2.45) is 0 Å². The highest BCUT2D eigenvalue weighted by Gasteiger charge is 2.26. The largest absolute Gasteiger partial charge is 0.389 e. The minimum Gasteiger partial charge on any atom is -0.389 e. The average molecular weight is 303 g/mol. The van der Waals surface area contributed by atoms with E-state index in [-0.39, 0.29) is 5.91 Å². The van der Waals surface area contributed by atoms with E-state index >= 15 is 0 Å². The summed E-state index contributed by atoms with van der Waals surface area (Å²) < 4.78 is 0. The molecule has 0 aliphatic carbocycles. The average Bonchev–Trinajstić information content (AvgIpc) is 2.73. The van der Waals surface area contributed by atoms with E-state index in [0.717, 1.165) is 13.1 Å². The van der Waals surface area contributed by atoms with Gasteiger partial charge in [-0.05, 0) is 25.3 Å². The summed E-state index contributed by atoms with van der Waals surface area (Å²) in [5.74, 6) is 0.0166. The van der Waals surface area contributed by atoms with Crippen molar-refractivity contribution in [2.75, 3.05) is 32.7 Å². The fraction of sp³-hybridized carbons (Fsp3) is 0.615. The lowest BCUT2D eigenvalue weighted by Crippen LogP contribution is -2.51. The summed E-state index contributed by atoms with van der Waals surface area (Å²) in [6.45, 7) is 7.18. The number of piperazine rings is 1. The van der Waals surface area contributed by atoms with Gasteiger partial charge in [0.15, 0.2) is 0 Å². The lowest BCUT2D eigenvalue weighted by molar-refractivity contribution is 0.0179. The van der Waals surface area contributed by atoms with Gasteiger partial charge in [0, 0.05) is 32.7 Å². The Morgan fingerprint density at radius 1 is 1.42 bits per heavy atom. The van der Waals surface area contributed by atoms with Gasteiger partial charge >= 0.3 is 0 Å². The summed E-state index contributed by atoms with van der Waals surface area (Å²) in [6, 6.07) is 1.75. The molecule has 0 unspecified atom stereocenters. The maximum atomic E-state index is 12.3. The number of halogens is 1. The molecule has 1 N–H and O–H groups in total. The molecule has 106 valence electrons. The van der Waals surface area contributed by atoms with Crippen molar-refractivity contribution in [3.8, 4) is 0 Å². The van der Waals surface area contributed by atoms with E-state index in [9.17, 15) is 9.90 Å². The molecule has 2 heterocycles. The molecule has 0 atom stereocenters. The van der Waals surface area contributed by atoms with E-state index in [1.165, 1.54) is 11.3 Å². The molecule has 1 aliphatic heterocycles. The van der Waals surface area contributed by atoms with E-state index in [2.05, 4.69) is 4.90 Å². The third-order valence-corrected chi connectivity index (χ3v) is 4.41. The molecule has 0 spiro atoms. The molecule has 0 bridgehead atoms. The van der Waals surface area contributed by atoms with Crippen LogP contribution in [0.5, 0.6) is 0 Å². The number of thiophene rings is 1. The van der Waals surface area contributed by atoms with E-state index in [1.54, 1.807) is 19.9 Å². The summed E-state index contributed by atoms with van der Waals surface area (Å²) in [7, 11) is 0. The number of carbonyl (C=O) groups is 1. The van der Waals surface area contributed by atoms with Crippen LogP contribution >= 0.6 is 22.9 Å². The summed E-state index contributed by atoms with van der Waals surface area (Å²) in [5.41, 5.74) is -0.691. The number of rotatable bonds is 3. The quantitative estimate of drug-likeness (QED) is 0.928. The van der Waals surface area contributed by atoms with Gasteiger partial charge in [0.05, 0.1) is 10.6 Å². The highest BCUT2D eigenvalue weighted by Crippen LogP contribution is 2.24. The third kappa shape index (κ3) is 3.92. The van der Waals surface area contributed by atoms with Gasteiger partial charge in [-0.3, -0.25) is 9.69 Å². The second-order valence-corrected chi connectivity index (χ2v) is 6.80. The summed E-state index contributed by atoms with van der Waals surface area (Å²) in [4.78, 5) is 16.9. The van der Waals surface area contributed by atoms with Gasteiger partial charge in [0.25, 0.3) is 5.91 Å². The van der Waals surface area contributed by atoms with Gasteiger partial charge in [0.1, 0.15) is 4.88 Å². The molecule has 1 saturated heterocycles. The Bertz CT molecular complexity index is 448. The van der Waals surface area contributed by atoms with Crippen molar-refractivity contribution in [2.45, 2.75) is 19.4 Å². The maximum Gasteiger partial charge on any atom is 0.265 e. The molecule has 0 saturated carbocycles. The normalized spacial score (nSPS) is 17.8. The second-order valence-electron chi connectivity index (χ2n) is 5.48. The van der Waals surface area contributed by atoms with Gasteiger partial charge in [-0.25, -0.2) is 0 Å². The molecule has 2 rings (SSSR count). The van der Waals surface area contributed by atoms with Crippen LogP contribution < -0.4 is 0 Å². The molecule has 6 heteroatoms. The lowest BCUT2D eigenvalue weighted by atomic mass is 10.1. The standard InChI is InChI=1S/C13H19ClN2O2S/c1-13(2,18)9-15-4-6-16(7-5-15)12(17)11-10(14)3-8-19-11/h3,8,18H,4-7,9H2,1-2H3. The van der Waals surface area contributed by atoms with Crippen LogP contribution in [0.4, 0.5) is 0 Å². The van der Waals surface area contributed by atoms with Crippen molar-refractivity contribution in [3.63, 3.8) is 0 Å². The van der Waals surface area contributed by atoms with Crippen molar-refractivity contribution < 1.29 is 9.90 Å². The van der Waals surface area contributed by atoms with Gasteiger partial charge in [-0.15, -0.1) is 11.3 Å². The molecular weight excluding hydrogens is 284 g/mol. The van der Waals surface area contributed by atoms with Crippen LogP contribution in [-0.4, -0.2) is 59.1 Å². The highest BCUT2D eigenvalue weighted by atomic mass is 35.5. The molecular formula is C13H19ClN2O2S. The fourth-order valence-electron chi connectivity index (χ4n) is 2.25. The first-order chi connectivity index (χ1) is 8.87. The van der Waals surface area contributed by atoms with E-state index in [0.29, 0.717) is 29.5 Å². The molecule has 1 aromatic rings. The number of hydrogen-bond donors (Lipinski definition) is 1. The summed E-state index contributed by atoms with van der Waals surface area (Å²) >= 11 is 7.37. The van der Waals surface area contributed by atoms with Crippen molar-refractivity contribution in [3.05, 3.63) is 21.3 Å². The number of β-amino-alcohol motifs (C(OH)–C–C–N with tert-alkyl or cyclic N) is 1.